The maximum atomic E-state index is 12.1. The van der Waals surface area contributed by atoms with Crippen LogP contribution < -0.4 is 0 Å². The highest BCUT2D eigenvalue weighted by Crippen LogP contribution is 2.32. The van der Waals surface area contributed by atoms with E-state index in [1.807, 2.05) is 0 Å². The topological polar surface area (TPSA) is 34.1 Å². The van der Waals surface area contributed by atoms with E-state index in [4.69, 9.17) is 0 Å². The molecule has 0 aromatic carbocycles. The van der Waals surface area contributed by atoms with Crippen molar-refractivity contribution in [3.8, 4) is 0 Å². The fourth-order valence-electron chi connectivity index (χ4n) is 2.51. The van der Waals surface area contributed by atoms with Gasteiger partial charge in [-0.2, -0.15) is 0 Å². The first-order valence-electron chi connectivity index (χ1n) is 6.98. The van der Waals surface area contributed by atoms with Crippen molar-refractivity contribution in [2.75, 3.05) is 0 Å². The Bertz CT molecular complexity index is 279. The SMILES string of the molecule is CC(C)CCC1CC(=O)C(CCC(C)C)C1=O. The van der Waals surface area contributed by atoms with Crippen LogP contribution in [0.1, 0.15) is 59.8 Å². The molecule has 0 saturated heterocycles. The molecule has 1 saturated carbocycles. The number of carbonyl (C=O) groups is 2. The molecular weight excluding hydrogens is 212 g/mol. The lowest BCUT2D eigenvalue weighted by molar-refractivity contribution is -0.128. The Hall–Kier alpha value is -0.660. The van der Waals surface area contributed by atoms with Crippen molar-refractivity contribution in [1.29, 1.82) is 0 Å². The molecule has 1 aliphatic rings. The highest BCUT2D eigenvalue weighted by molar-refractivity contribution is 6.09. The van der Waals surface area contributed by atoms with Crippen molar-refractivity contribution in [3.63, 3.8) is 0 Å². The van der Waals surface area contributed by atoms with Crippen LogP contribution in [0.15, 0.2) is 0 Å². The van der Waals surface area contributed by atoms with E-state index in [2.05, 4.69) is 27.7 Å². The van der Waals surface area contributed by atoms with E-state index in [9.17, 15) is 9.59 Å². The fraction of sp³-hybridized carbons (Fsp3) is 0.867. The van der Waals surface area contributed by atoms with Crippen LogP contribution in [0, 0.1) is 23.7 Å². The first kappa shape index (κ1) is 14.4. The van der Waals surface area contributed by atoms with Crippen molar-refractivity contribution in [2.24, 2.45) is 23.7 Å². The zero-order chi connectivity index (χ0) is 13.0. The van der Waals surface area contributed by atoms with Gasteiger partial charge in [-0.05, 0) is 31.1 Å². The summed E-state index contributed by atoms with van der Waals surface area (Å²) >= 11 is 0. The first-order chi connectivity index (χ1) is 7.91. The van der Waals surface area contributed by atoms with Gasteiger partial charge in [0, 0.05) is 12.3 Å². The molecule has 17 heavy (non-hydrogen) atoms. The maximum absolute atomic E-state index is 12.1. The van der Waals surface area contributed by atoms with Gasteiger partial charge < -0.3 is 0 Å². The molecule has 2 nitrogen and oxygen atoms in total. The van der Waals surface area contributed by atoms with Gasteiger partial charge in [-0.1, -0.05) is 34.1 Å². The van der Waals surface area contributed by atoms with Crippen LogP contribution in [0.25, 0.3) is 0 Å². The lowest BCUT2D eigenvalue weighted by atomic mass is 9.91. The molecule has 0 aromatic rings. The third-order valence-corrected chi connectivity index (χ3v) is 3.71. The monoisotopic (exact) mass is 238 g/mol. The average Bonchev–Trinajstić information content (AvgIpc) is 2.48. The van der Waals surface area contributed by atoms with E-state index in [0.717, 1.165) is 25.7 Å². The second kappa shape index (κ2) is 6.32. The molecule has 0 aromatic heterocycles. The molecule has 0 bridgehead atoms. The van der Waals surface area contributed by atoms with Crippen LogP contribution in [0.2, 0.25) is 0 Å². The van der Waals surface area contributed by atoms with E-state index >= 15 is 0 Å². The molecule has 0 heterocycles. The number of hydrogen-bond acceptors (Lipinski definition) is 2. The number of Topliss-reactive ketones (excluding diaryl/α,β-unsaturated/α-hetero) is 2. The van der Waals surface area contributed by atoms with Crippen LogP contribution in [-0.4, -0.2) is 11.6 Å². The summed E-state index contributed by atoms with van der Waals surface area (Å²) < 4.78 is 0. The minimum absolute atomic E-state index is 0.0297. The lowest BCUT2D eigenvalue weighted by Gasteiger charge is -2.11. The van der Waals surface area contributed by atoms with Crippen molar-refractivity contribution in [1.82, 2.24) is 0 Å². The van der Waals surface area contributed by atoms with Gasteiger partial charge in [-0.3, -0.25) is 9.59 Å². The predicted molar refractivity (Wildman–Crippen MR) is 69.8 cm³/mol. The summed E-state index contributed by atoms with van der Waals surface area (Å²) in [6, 6.07) is 0. The van der Waals surface area contributed by atoms with Gasteiger partial charge in [-0.15, -0.1) is 0 Å². The van der Waals surface area contributed by atoms with Gasteiger partial charge in [0.25, 0.3) is 0 Å². The first-order valence-corrected chi connectivity index (χ1v) is 6.98. The van der Waals surface area contributed by atoms with Gasteiger partial charge in [0.2, 0.25) is 0 Å². The second-order valence-corrected chi connectivity index (χ2v) is 6.26. The maximum Gasteiger partial charge on any atom is 0.146 e. The van der Waals surface area contributed by atoms with E-state index < -0.39 is 0 Å². The molecule has 2 atom stereocenters. The highest BCUT2D eigenvalue weighted by Gasteiger charge is 2.40. The molecule has 2 heteroatoms. The molecule has 0 radical (unpaired) electrons. The quantitative estimate of drug-likeness (QED) is 0.662. The van der Waals surface area contributed by atoms with Crippen LogP contribution in [-0.2, 0) is 9.59 Å². The minimum Gasteiger partial charge on any atom is -0.299 e. The van der Waals surface area contributed by atoms with Crippen molar-refractivity contribution < 1.29 is 9.59 Å². The summed E-state index contributed by atoms with van der Waals surface area (Å²) in [6.07, 6.45) is 4.22. The Morgan fingerprint density at radius 2 is 1.53 bits per heavy atom. The van der Waals surface area contributed by atoms with Gasteiger partial charge in [-0.25, -0.2) is 0 Å². The largest absolute Gasteiger partial charge is 0.299 e. The number of rotatable bonds is 6. The molecule has 1 aliphatic carbocycles. The summed E-state index contributed by atoms with van der Waals surface area (Å²) in [6.45, 7) is 8.61. The summed E-state index contributed by atoms with van der Waals surface area (Å²) in [5, 5.41) is 0. The van der Waals surface area contributed by atoms with Gasteiger partial charge >= 0.3 is 0 Å². The molecule has 0 spiro atoms. The molecule has 0 aliphatic heterocycles. The van der Waals surface area contributed by atoms with Crippen molar-refractivity contribution in [2.45, 2.75) is 59.8 Å². The summed E-state index contributed by atoms with van der Waals surface area (Å²) in [5.41, 5.74) is 0. The highest BCUT2D eigenvalue weighted by atomic mass is 16.2. The number of ketones is 2. The average molecular weight is 238 g/mol. The Balaban J connectivity index is 2.47. The van der Waals surface area contributed by atoms with Crippen LogP contribution >= 0.6 is 0 Å². The lowest BCUT2D eigenvalue weighted by Crippen LogP contribution is -2.18. The van der Waals surface area contributed by atoms with Gasteiger partial charge in [0.05, 0.1) is 5.92 Å². The minimum atomic E-state index is -0.269. The summed E-state index contributed by atoms with van der Waals surface area (Å²) in [5.74, 6) is 1.38. The Kier molecular flexibility index (Phi) is 5.35. The van der Waals surface area contributed by atoms with E-state index in [0.29, 0.717) is 18.3 Å². The number of carbonyl (C=O) groups excluding carboxylic acids is 2. The van der Waals surface area contributed by atoms with Gasteiger partial charge in [0.15, 0.2) is 0 Å². The normalized spacial score (nSPS) is 25.3. The third-order valence-electron chi connectivity index (χ3n) is 3.71. The zero-order valence-electron chi connectivity index (χ0n) is 11.7. The van der Waals surface area contributed by atoms with Crippen LogP contribution in [0.5, 0.6) is 0 Å². The van der Waals surface area contributed by atoms with Crippen molar-refractivity contribution in [3.05, 3.63) is 0 Å². The van der Waals surface area contributed by atoms with E-state index in [1.165, 1.54) is 0 Å². The summed E-state index contributed by atoms with van der Waals surface area (Å²) in [4.78, 5) is 24.0. The Morgan fingerprint density at radius 3 is 2.06 bits per heavy atom. The zero-order valence-corrected chi connectivity index (χ0v) is 11.7. The fourth-order valence-corrected chi connectivity index (χ4v) is 2.51. The van der Waals surface area contributed by atoms with Crippen molar-refractivity contribution >= 4 is 11.6 Å². The number of hydrogen-bond donors (Lipinski definition) is 0. The predicted octanol–water partition coefficient (Wildman–Crippen LogP) is 3.63. The summed E-state index contributed by atoms with van der Waals surface area (Å²) in [7, 11) is 0. The smallest absolute Gasteiger partial charge is 0.146 e. The molecular formula is C15H26O2. The molecule has 0 amide bonds. The van der Waals surface area contributed by atoms with E-state index in [1.54, 1.807) is 0 Å². The molecule has 2 unspecified atom stereocenters. The molecule has 1 fully saturated rings. The van der Waals surface area contributed by atoms with Gasteiger partial charge in [0.1, 0.15) is 11.6 Å². The van der Waals surface area contributed by atoms with E-state index in [-0.39, 0.29) is 23.4 Å². The standard InChI is InChI=1S/C15H26O2/c1-10(2)5-7-12-9-14(16)13(15(12)17)8-6-11(3)4/h10-13H,5-9H2,1-4H3. The second-order valence-electron chi connectivity index (χ2n) is 6.26. The van der Waals surface area contributed by atoms with Crippen LogP contribution in [0.3, 0.4) is 0 Å². The Morgan fingerprint density at radius 1 is 1.00 bits per heavy atom. The van der Waals surface area contributed by atoms with Crippen LogP contribution in [0.4, 0.5) is 0 Å². The Labute approximate surface area is 105 Å². The molecule has 1 rings (SSSR count). The molecule has 98 valence electrons. The molecule has 0 N–H and O–H groups in total. The third kappa shape index (κ3) is 4.25.